The van der Waals surface area contributed by atoms with Crippen molar-refractivity contribution >= 4 is 46.6 Å². The Morgan fingerprint density at radius 2 is 1.44 bits per heavy atom. The van der Waals surface area contributed by atoms with E-state index in [1.165, 1.54) is 32.8 Å². The summed E-state index contributed by atoms with van der Waals surface area (Å²) in [5, 5.41) is 1.41. The highest BCUT2D eigenvalue weighted by Gasteiger charge is 2.52. The summed E-state index contributed by atoms with van der Waals surface area (Å²) in [7, 11) is -0.428. The van der Waals surface area contributed by atoms with E-state index in [1.54, 1.807) is 0 Å². The van der Waals surface area contributed by atoms with Gasteiger partial charge in [0.2, 0.25) is 0 Å². The van der Waals surface area contributed by atoms with Gasteiger partial charge < -0.3 is 14.2 Å². The first-order valence-electron chi connectivity index (χ1n) is 14.3. The van der Waals surface area contributed by atoms with Crippen LogP contribution in [0, 0.1) is 0 Å². The molecule has 0 aliphatic carbocycles. The summed E-state index contributed by atoms with van der Waals surface area (Å²) < 4.78 is 12.8. The molecule has 2 atom stereocenters. The summed E-state index contributed by atoms with van der Waals surface area (Å²) >= 11 is 1.95. The highest BCUT2D eigenvalue weighted by molar-refractivity contribution is 8.00. The van der Waals surface area contributed by atoms with Gasteiger partial charge in [-0.2, -0.15) is 0 Å². The number of hydrogen-bond acceptors (Lipinski definition) is 5. The average molecular weight is 555 g/mol. The molecule has 3 aliphatic heterocycles. The van der Waals surface area contributed by atoms with Crippen molar-refractivity contribution < 1.29 is 9.31 Å². The van der Waals surface area contributed by atoms with Crippen LogP contribution in [0.5, 0.6) is 0 Å². The van der Waals surface area contributed by atoms with Crippen LogP contribution in [0.15, 0.2) is 108 Å². The van der Waals surface area contributed by atoms with Crippen LogP contribution in [-0.4, -0.2) is 28.7 Å². The number of fused-ring (bicyclic) bond motifs is 7. The lowest BCUT2D eigenvalue weighted by molar-refractivity contribution is 0.00578. The maximum absolute atomic E-state index is 6.42. The summed E-state index contributed by atoms with van der Waals surface area (Å²) in [5.74, 6) is 0.224. The standard InChI is InChI=1S/C35H31BN2O2S/c1-34(2)35(3,4)40-36(39-34)23-19-20-25-27(21-23)37-31(22-13-7-5-8-14-22)32-29(25)30-26-17-11-12-18-28(26)38(33(30)41-32)24-15-9-6-10-16-24/h5-21,30,33H,1-4H3. The van der Waals surface area contributed by atoms with Gasteiger partial charge in [-0.1, -0.05) is 90.6 Å². The largest absolute Gasteiger partial charge is 0.494 e. The van der Waals surface area contributed by atoms with E-state index in [9.17, 15) is 0 Å². The lowest BCUT2D eigenvalue weighted by Gasteiger charge is -2.32. The molecule has 1 aromatic heterocycles. The number of pyridine rings is 1. The predicted molar refractivity (Wildman–Crippen MR) is 169 cm³/mol. The number of thioether (sulfide) groups is 1. The molecule has 0 radical (unpaired) electrons. The molecule has 0 saturated carbocycles. The minimum atomic E-state index is -0.428. The molecule has 4 aromatic carbocycles. The number of benzene rings is 4. The van der Waals surface area contributed by atoms with Crippen LogP contribution >= 0.6 is 11.8 Å². The lowest BCUT2D eigenvalue weighted by atomic mass is 9.78. The second kappa shape index (κ2) is 8.96. The number of hydrogen-bond donors (Lipinski definition) is 0. The Morgan fingerprint density at radius 1 is 0.780 bits per heavy atom. The van der Waals surface area contributed by atoms with Gasteiger partial charge in [0.05, 0.1) is 27.8 Å². The fraction of sp³-hybridized carbons (Fsp3) is 0.229. The van der Waals surface area contributed by atoms with Crippen molar-refractivity contribution in [3.63, 3.8) is 0 Å². The molecule has 0 bridgehead atoms. The number of aromatic nitrogens is 1. The fourth-order valence-electron chi connectivity index (χ4n) is 6.46. The number of rotatable bonds is 3. The molecular weight excluding hydrogens is 523 g/mol. The molecule has 1 fully saturated rings. The van der Waals surface area contributed by atoms with Gasteiger partial charge in [-0.3, -0.25) is 0 Å². The Labute approximate surface area is 245 Å². The van der Waals surface area contributed by atoms with Gasteiger partial charge in [0.15, 0.2) is 0 Å². The van der Waals surface area contributed by atoms with Gasteiger partial charge in [0, 0.05) is 33.1 Å². The first kappa shape index (κ1) is 25.2. The van der Waals surface area contributed by atoms with Gasteiger partial charge in [-0.15, -0.1) is 0 Å². The molecule has 8 rings (SSSR count). The zero-order valence-electron chi connectivity index (χ0n) is 23.7. The van der Waals surface area contributed by atoms with Crippen LogP contribution in [0.25, 0.3) is 22.2 Å². The monoisotopic (exact) mass is 554 g/mol. The minimum Gasteiger partial charge on any atom is -0.399 e. The molecule has 4 heterocycles. The van der Waals surface area contributed by atoms with Crippen molar-refractivity contribution in [1.82, 2.24) is 4.98 Å². The minimum absolute atomic E-state index is 0.211. The smallest absolute Gasteiger partial charge is 0.399 e. The Balaban J connectivity index is 1.34. The molecule has 3 aliphatic rings. The first-order valence-corrected chi connectivity index (χ1v) is 15.2. The molecule has 2 unspecified atom stereocenters. The van der Waals surface area contributed by atoms with Crippen LogP contribution < -0.4 is 10.4 Å². The van der Waals surface area contributed by atoms with Crippen LogP contribution in [0.4, 0.5) is 11.4 Å². The second-order valence-electron chi connectivity index (χ2n) is 12.2. The number of nitrogens with zero attached hydrogens (tertiary/aromatic N) is 2. The quantitative estimate of drug-likeness (QED) is 0.212. The van der Waals surface area contributed by atoms with E-state index in [0.29, 0.717) is 0 Å². The van der Waals surface area contributed by atoms with E-state index in [0.717, 1.165) is 22.2 Å². The average Bonchev–Trinajstić information content (AvgIpc) is 3.59. The summed E-state index contributed by atoms with van der Waals surface area (Å²) in [6, 6.07) is 36.9. The first-order chi connectivity index (χ1) is 19.8. The van der Waals surface area contributed by atoms with E-state index in [-0.39, 0.29) is 11.3 Å². The molecule has 202 valence electrons. The van der Waals surface area contributed by atoms with Gasteiger partial charge in [0.1, 0.15) is 0 Å². The zero-order valence-corrected chi connectivity index (χ0v) is 24.5. The van der Waals surface area contributed by atoms with Crippen LogP contribution in [0.2, 0.25) is 0 Å². The third kappa shape index (κ3) is 3.74. The molecule has 0 amide bonds. The number of anilines is 2. The SMILES string of the molecule is CC1(C)OB(c2ccc3c4c(c(-c5ccccc5)nc3c2)SC2C4c3ccccc3N2c2ccccc2)OC1(C)C. The van der Waals surface area contributed by atoms with Crippen LogP contribution in [0.3, 0.4) is 0 Å². The Bertz CT molecular complexity index is 1790. The summed E-state index contributed by atoms with van der Waals surface area (Å²) in [6.45, 7) is 8.39. The van der Waals surface area contributed by atoms with E-state index in [4.69, 9.17) is 14.3 Å². The van der Waals surface area contributed by atoms with Crippen molar-refractivity contribution in [1.29, 1.82) is 0 Å². The number of para-hydroxylation sites is 2. The second-order valence-corrected chi connectivity index (χ2v) is 13.3. The highest BCUT2D eigenvalue weighted by atomic mass is 32.2. The Hall–Kier alpha value is -3.58. The highest BCUT2D eigenvalue weighted by Crippen LogP contribution is 2.62. The maximum Gasteiger partial charge on any atom is 0.494 e. The molecule has 4 nitrogen and oxygen atoms in total. The molecule has 0 spiro atoms. The van der Waals surface area contributed by atoms with E-state index in [1.807, 2.05) is 11.8 Å². The maximum atomic E-state index is 6.42. The third-order valence-electron chi connectivity index (χ3n) is 9.23. The van der Waals surface area contributed by atoms with Gasteiger partial charge in [-0.05, 0) is 68.6 Å². The summed E-state index contributed by atoms with van der Waals surface area (Å²) in [4.78, 5) is 9.15. The summed E-state index contributed by atoms with van der Waals surface area (Å²) in [5.41, 5.74) is 8.61. The molecule has 5 aromatic rings. The summed E-state index contributed by atoms with van der Waals surface area (Å²) in [6.07, 6.45) is 0. The van der Waals surface area contributed by atoms with Crippen molar-refractivity contribution in [3.8, 4) is 11.3 Å². The van der Waals surface area contributed by atoms with E-state index in [2.05, 4.69) is 136 Å². The van der Waals surface area contributed by atoms with Gasteiger partial charge in [0.25, 0.3) is 0 Å². The van der Waals surface area contributed by atoms with Crippen LogP contribution in [-0.2, 0) is 9.31 Å². The van der Waals surface area contributed by atoms with E-state index < -0.39 is 18.3 Å². The topological polar surface area (TPSA) is 34.6 Å². The van der Waals surface area contributed by atoms with E-state index >= 15 is 0 Å². The molecule has 41 heavy (non-hydrogen) atoms. The zero-order chi connectivity index (χ0) is 27.9. The molecule has 0 N–H and O–H groups in total. The molecular formula is C35H31BN2O2S. The molecule has 6 heteroatoms. The molecule has 1 saturated heterocycles. The van der Waals surface area contributed by atoms with Gasteiger partial charge in [-0.25, -0.2) is 4.98 Å². The normalized spacial score (nSPS) is 21.7. The van der Waals surface area contributed by atoms with Crippen molar-refractivity contribution in [2.24, 2.45) is 0 Å². The van der Waals surface area contributed by atoms with Crippen molar-refractivity contribution in [2.75, 3.05) is 4.90 Å². The Kier molecular flexibility index (Phi) is 5.50. The predicted octanol–water partition coefficient (Wildman–Crippen LogP) is 7.92. The third-order valence-corrected chi connectivity index (χ3v) is 10.6. The van der Waals surface area contributed by atoms with Crippen molar-refractivity contribution in [2.45, 2.75) is 55.1 Å². The van der Waals surface area contributed by atoms with Crippen LogP contribution in [0.1, 0.15) is 44.7 Å². The lowest BCUT2D eigenvalue weighted by Crippen LogP contribution is -2.41. The van der Waals surface area contributed by atoms with Gasteiger partial charge >= 0.3 is 7.12 Å². The Morgan fingerprint density at radius 3 is 2.17 bits per heavy atom. The van der Waals surface area contributed by atoms with Crippen molar-refractivity contribution in [3.05, 3.63) is 114 Å². The fourth-order valence-corrected chi connectivity index (χ4v) is 8.10.